The highest BCUT2D eigenvalue weighted by Gasteiger charge is 2.35. The van der Waals surface area contributed by atoms with Gasteiger partial charge in [-0.1, -0.05) is 6.42 Å². The molecule has 0 aromatic carbocycles. The number of rotatable bonds is 2. The summed E-state index contributed by atoms with van der Waals surface area (Å²) in [5, 5.41) is 0. The molecule has 1 saturated heterocycles. The van der Waals surface area contributed by atoms with Gasteiger partial charge in [0.1, 0.15) is 0 Å². The van der Waals surface area contributed by atoms with E-state index >= 15 is 0 Å². The summed E-state index contributed by atoms with van der Waals surface area (Å²) >= 11 is 0. The van der Waals surface area contributed by atoms with Crippen molar-refractivity contribution in [2.45, 2.75) is 56.8 Å². The molecule has 2 fully saturated rings. The van der Waals surface area contributed by atoms with Crippen LogP contribution in [0, 0.1) is 0 Å². The maximum atomic E-state index is 6.11. The number of nitrogens with zero attached hydrogens (tertiary/aromatic N) is 1. The lowest BCUT2D eigenvalue weighted by Gasteiger charge is -2.34. The summed E-state index contributed by atoms with van der Waals surface area (Å²) in [7, 11) is 2.21. The zero-order valence-electron chi connectivity index (χ0n) is 9.28. The van der Waals surface area contributed by atoms with Crippen LogP contribution in [0.25, 0.3) is 0 Å². The third-order valence-corrected chi connectivity index (χ3v) is 3.91. The van der Waals surface area contributed by atoms with Gasteiger partial charge >= 0.3 is 0 Å². The summed E-state index contributed by atoms with van der Waals surface area (Å²) in [4.78, 5) is 2.47. The maximum absolute atomic E-state index is 6.11. The fourth-order valence-electron chi connectivity index (χ4n) is 2.98. The van der Waals surface area contributed by atoms with Gasteiger partial charge in [0.15, 0.2) is 0 Å². The third kappa shape index (κ3) is 1.81. The van der Waals surface area contributed by atoms with E-state index in [9.17, 15) is 0 Å². The van der Waals surface area contributed by atoms with E-state index < -0.39 is 0 Å². The molecule has 4 atom stereocenters. The Morgan fingerprint density at radius 1 is 1.21 bits per heavy atom. The van der Waals surface area contributed by atoms with Crippen molar-refractivity contribution in [3.8, 4) is 0 Å². The van der Waals surface area contributed by atoms with Crippen LogP contribution in [-0.2, 0) is 4.74 Å². The highest BCUT2D eigenvalue weighted by molar-refractivity contribution is 4.92. The molecule has 3 nitrogen and oxygen atoms in total. The second-order valence-corrected chi connectivity index (χ2v) is 4.76. The standard InChI is InChI=1S/C11H22N2O/c1-8-10(6-7-14-8)13(2)11-5-3-4-9(11)12/h8-11H,3-7,12H2,1-2H3. The number of hydrogen-bond donors (Lipinski definition) is 1. The van der Waals surface area contributed by atoms with Crippen molar-refractivity contribution in [2.75, 3.05) is 13.7 Å². The topological polar surface area (TPSA) is 38.5 Å². The molecule has 2 N–H and O–H groups in total. The van der Waals surface area contributed by atoms with Gasteiger partial charge in [-0.15, -0.1) is 0 Å². The van der Waals surface area contributed by atoms with Crippen LogP contribution < -0.4 is 5.73 Å². The third-order valence-electron chi connectivity index (χ3n) is 3.91. The molecular weight excluding hydrogens is 176 g/mol. The van der Waals surface area contributed by atoms with Gasteiger partial charge < -0.3 is 10.5 Å². The zero-order chi connectivity index (χ0) is 10.1. The fraction of sp³-hybridized carbons (Fsp3) is 1.00. The van der Waals surface area contributed by atoms with E-state index in [1.165, 1.54) is 25.7 Å². The van der Waals surface area contributed by atoms with Gasteiger partial charge in [0.2, 0.25) is 0 Å². The van der Waals surface area contributed by atoms with E-state index in [0.717, 1.165) is 6.61 Å². The highest BCUT2D eigenvalue weighted by Crippen LogP contribution is 2.27. The van der Waals surface area contributed by atoms with Gasteiger partial charge in [0.05, 0.1) is 6.10 Å². The number of nitrogens with two attached hydrogens (primary N) is 1. The SMILES string of the molecule is CC1OCCC1N(C)C1CCCC1N. The molecular formula is C11H22N2O. The van der Waals surface area contributed by atoms with Gasteiger partial charge in [0.25, 0.3) is 0 Å². The van der Waals surface area contributed by atoms with Crippen LogP contribution >= 0.6 is 0 Å². The molecule has 1 saturated carbocycles. The van der Waals surface area contributed by atoms with Crippen molar-refractivity contribution in [3.63, 3.8) is 0 Å². The average Bonchev–Trinajstić information content (AvgIpc) is 2.73. The molecule has 82 valence electrons. The highest BCUT2D eigenvalue weighted by atomic mass is 16.5. The molecule has 4 unspecified atom stereocenters. The molecule has 0 amide bonds. The van der Waals surface area contributed by atoms with Gasteiger partial charge in [0, 0.05) is 24.7 Å². The Morgan fingerprint density at radius 3 is 2.50 bits per heavy atom. The largest absolute Gasteiger partial charge is 0.377 e. The lowest BCUT2D eigenvalue weighted by Crippen LogP contribution is -2.49. The summed E-state index contributed by atoms with van der Waals surface area (Å²) in [6.07, 6.45) is 5.30. The van der Waals surface area contributed by atoms with Crippen LogP contribution in [0.2, 0.25) is 0 Å². The minimum Gasteiger partial charge on any atom is -0.377 e. The Balaban J connectivity index is 1.96. The van der Waals surface area contributed by atoms with Crippen molar-refractivity contribution in [2.24, 2.45) is 5.73 Å². The van der Waals surface area contributed by atoms with E-state index in [1.54, 1.807) is 0 Å². The van der Waals surface area contributed by atoms with Crippen molar-refractivity contribution in [3.05, 3.63) is 0 Å². The Hall–Kier alpha value is -0.120. The minimum absolute atomic E-state index is 0.382. The number of hydrogen-bond acceptors (Lipinski definition) is 3. The van der Waals surface area contributed by atoms with Crippen molar-refractivity contribution in [1.82, 2.24) is 4.90 Å². The van der Waals surface area contributed by atoms with Crippen LogP contribution in [0.15, 0.2) is 0 Å². The molecule has 2 rings (SSSR count). The molecule has 14 heavy (non-hydrogen) atoms. The quantitative estimate of drug-likeness (QED) is 0.718. The van der Waals surface area contributed by atoms with E-state index in [2.05, 4.69) is 18.9 Å². The van der Waals surface area contributed by atoms with Crippen LogP contribution in [0.3, 0.4) is 0 Å². The van der Waals surface area contributed by atoms with Gasteiger partial charge in [-0.05, 0) is 33.2 Å². The first-order valence-electron chi connectivity index (χ1n) is 5.79. The predicted molar refractivity (Wildman–Crippen MR) is 57.2 cm³/mol. The van der Waals surface area contributed by atoms with Gasteiger partial charge in [-0.25, -0.2) is 0 Å². The lowest BCUT2D eigenvalue weighted by molar-refractivity contribution is 0.0655. The van der Waals surface area contributed by atoms with Crippen LogP contribution in [0.5, 0.6) is 0 Å². The Labute approximate surface area is 86.6 Å². The summed E-state index contributed by atoms with van der Waals surface area (Å²) < 4.78 is 5.60. The van der Waals surface area contributed by atoms with Crippen molar-refractivity contribution >= 4 is 0 Å². The van der Waals surface area contributed by atoms with Crippen LogP contribution in [0.4, 0.5) is 0 Å². The minimum atomic E-state index is 0.382. The van der Waals surface area contributed by atoms with E-state index in [1.807, 2.05) is 0 Å². The smallest absolute Gasteiger partial charge is 0.0703 e. The van der Waals surface area contributed by atoms with Gasteiger partial charge in [-0.3, -0.25) is 4.90 Å². The molecule has 0 bridgehead atoms. The molecule has 0 aromatic heterocycles. The van der Waals surface area contributed by atoms with Crippen molar-refractivity contribution < 1.29 is 4.74 Å². The summed E-state index contributed by atoms with van der Waals surface area (Å²) in [5.41, 5.74) is 6.11. The average molecular weight is 198 g/mol. The second-order valence-electron chi connectivity index (χ2n) is 4.76. The second kappa shape index (κ2) is 4.17. The lowest BCUT2D eigenvalue weighted by atomic mass is 10.1. The fourth-order valence-corrected chi connectivity index (χ4v) is 2.98. The van der Waals surface area contributed by atoms with E-state index in [-0.39, 0.29) is 0 Å². The molecule has 0 radical (unpaired) electrons. The first-order valence-corrected chi connectivity index (χ1v) is 5.79. The predicted octanol–water partition coefficient (Wildman–Crippen LogP) is 0.975. The normalized spacial score (nSPS) is 43.7. The van der Waals surface area contributed by atoms with E-state index in [0.29, 0.717) is 24.2 Å². The maximum Gasteiger partial charge on any atom is 0.0703 e. The molecule has 0 aromatic rings. The van der Waals surface area contributed by atoms with Gasteiger partial charge in [-0.2, -0.15) is 0 Å². The summed E-state index contributed by atoms with van der Waals surface area (Å²) in [5.74, 6) is 0. The first kappa shape index (κ1) is 10.4. The zero-order valence-corrected chi connectivity index (χ0v) is 9.28. The monoisotopic (exact) mass is 198 g/mol. The Kier molecular flexibility index (Phi) is 3.10. The molecule has 1 aliphatic carbocycles. The first-order chi connectivity index (χ1) is 6.70. The number of likely N-dealkylation sites (N-methyl/N-ethyl adjacent to an activating group) is 1. The molecule has 3 heteroatoms. The van der Waals surface area contributed by atoms with Crippen LogP contribution in [-0.4, -0.2) is 42.8 Å². The summed E-state index contributed by atoms with van der Waals surface area (Å²) in [6.45, 7) is 3.09. The molecule has 1 aliphatic heterocycles. The Morgan fingerprint density at radius 2 is 2.00 bits per heavy atom. The van der Waals surface area contributed by atoms with E-state index in [4.69, 9.17) is 10.5 Å². The number of ether oxygens (including phenoxy) is 1. The molecule has 2 aliphatic rings. The molecule has 0 spiro atoms. The van der Waals surface area contributed by atoms with Crippen LogP contribution in [0.1, 0.15) is 32.6 Å². The summed E-state index contributed by atoms with van der Waals surface area (Å²) in [6, 6.07) is 1.56. The van der Waals surface area contributed by atoms with Crippen molar-refractivity contribution in [1.29, 1.82) is 0 Å². The molecule has 1 heterocycles. The Bertz CT molecular complexity index is 178.